The van der Waals surface area contributed by atoms with Crippen molar-refractivity contribution in [2.24, 2.45) is 0 Å². The minimum absolute atomic E-state index is 0.127. The average molecular weight is 472 g/mol. The number of carbonyl (C=O) groups is 1. The van der Waals surface area contributed by atoms with Crippen LogP contribution in [0, 0.1) is 6.92 Å². The first-order valence-corrected chi connectivity index (χ1v) is 10.7. The van der Waals surface area contributed by atoms with Gasteiger partial charge in [-0.15, -0.1) is 0 Å². The Balaban J connectivity index is 1.54. The predicted molar refractivity (Wildman–Crippen MR) is 115 cm³/mol. The number of hydrogen-bond acceptors (Lipinski definition) is 6. The summed E-state index contributed by atoms with van der Waals surface area (Å²) in [5.74, 6) is 2.28. The van der Waals surface area contributed by atoms with Gasteiger partial charge in [-0.2, -0.15) is 0 Å². The van der Waals surface area contributed by atoms with E-state index in [0.29, 0.717) is 30.7 Å². The van der Waals surface area contributed by atoms with Gasteiger partial charge in [-0.1, -0.05) is 15.9 Å². The van der Waals surface area contributed by atoms with Crippen LogP contribution in [0.1, 0.15) is 46.5 Å². The minimum Gasteiger partial charge on any atom is -0.477 e. The number of ether oxygens (including phenoxy) is 4. The maximum Gasteiger partial charge on any atom is 0.231 e. The third-order valence-electron chi connectivity index (χ3n) is 5.69. The van der Waals surface area contributed by atoms with E-state index in [-0.39, 0.29) is 18.3 Å². The Morgan fingerprint density at radius 1 is 1.10 bits per heavy atom. The summed E-state index contributed by atoms with van der Waals surface area (Å²) >= 11 is 3.52. The van der Waals surface area contributed by atoms with Crippen molar-refractivity contribution >= 4 is 27.8 Å². The minimum atomic E-state index is -0.127. The lowest BCUT2D eigenvalue weighted by Crippen LogP contribution is -2.37. The summed E-state index contributed by atoms with van der Waals surface area (Å²) in [5, 5.41) is 0. The molecule has 156 valence electrons. The molecule has 3 aliphatic heterocycles. The van der Waals surface area contributed by atoms with Crippen LogP contribution in [0.25, 0.3) is 6.08 Å². The number of benzene rings is 2. The van der Waals surface area contributed by atoms with E-state index >= 15 is 0 Å². The van der Waals surface area contributed by atoms with Gasteiger partial charge in [0, 0.05) is 39.3 Å². The lowest BCUT2D eigenvalue weighted by Gasteiger charge is -2.32. The molecule has 30 heavy (non-hydrogen) atoms. The molecule has 2 aromatic carbocycles. The molecule has 7 heteroatoms. The van der Waals surface area contributed by atoms with Crippen LogP contribution >= 0.6 is 15.9 Å². The quantitative estimate of drug-likeness (QED) is 0.586. The molecule has 6 nitrogen and oxygen atoms in total. The van der Waals surface area contributed by atoms with Crippen LogP contribution in [-0.2, 0) is 17.9 Å². The van der Waals surface area contributed by atoms with E-state index in [1.54, 1.807) is 6.08 Å². The molecule has 0 saturated heterocycles. The van der Waals surface area contributed by atoms with Crippen molar-refractivity contribution in [2.75, 3.05) is 13.5 Å². The normalized spacial score (nSPS) is 19.1. The fraction of sp³-hybridized carbons (Fsp3) is 0.348. The molecule has 2 aromatic rings. The molecule has 0 radical (unpaired) electrons. The molecular weight excluding hydrogens is 450 g/mol. The van der Waals surface area contributed by atoms with Gasteiger partial charge in [-0.3, -0.25) is 9.69 Å². The zero-order chi connectivity index (χ0) is 21.0. The van der Waals surface area contributed by atoms with Gasteiger partial charge in [0.1, 0.15) is 24.0 Å². The Hall–Kier alpha value is -2.35. The molecule has 0 atom stereocenters. The van der Waals surface area contributed by atoms with Crippen molar-refractivity contribution in [2.45, 2.75) is 40.0 Å². The molecule has 0 N–H and O–H groups in total. The van der Waals surface area contributed by atoms with E-state index in [1.807, 2.05) is 25.1 Å². The van der Waals surface area contributed by atoms with Crippen LogP contribution in [0.3, 0.4) is 0 Å². The van der Waals surface area contributed by atoms with E-state index in [2.05, 4.69) is 34.7 Å². The Kier molecular flexibility index (Phi) is 4.84. The summed E-state index contributed by atoms with van der Waals surface area (Å²) in [6.07, 6.45) is 1.75. The van der Waals surface area contributed by atoms with Gasteiger partial charge in [-0.05, 0) is 45.0 Å². The summed E-state index contributed by atoms with van der Waals surface area (Å²) in [4.78, 5) is 15.4. The second-order valence-corrected chi connectivity index (χ2v) is 8.93. The first kappa shape index (κ1) is 19.6. The maximum atomic E-state index is 13.2. The van der Waals surface area contributed by atoms with Crippen molar-refractivity contribution in [1.29, 1.82) is 0 Å². The molecule has 5 rings (SSSR count). The van der Waals surface area contributed by atoms with Crippen molar-refractivity contribution in [3.63, 3.8) is 0 Å². The van der Waals surface area contributed by atoms with Crippen LogP contribution in [-0.4, -0.2) is 30.2 Å². The Bertz CT molecular complexity index is 1090. The van der Waals surface area contributed by atoms with E-state index in [0.717, 1.165) is 44.8 Å². The van der Waals surface area contributed by atoms with E-state index < -0.39 is 0 Å². The molecule has 3 heterocycles. The molecule has 0 aromatic heterocycles. The highest BCUT2D eigenvalue weighted by Gasteiger charge is 2.34. The number of halogens is 1. The van der Waals surface area contributed by atoms with Gasteiger partial charge in [0.15, 0.2) is 12.6 Å². The highest BCUT2D eigenvalue weighted by molar-refractivity contribution is 9.10. The van der Waals surface area contributed by atoms with Crippen molar-refractivity contribution in [3.8, 4) is 17.2 Å². The summed E-state index contributed by atoms with van der Waals surface area (Å²) in [5.41, 5.74) is 4.18. The van der Waals surface area contributed by atoms with Crippen molar-refractivity contribution in [3.05, 3.63) is 56.2 Å². The van der Waals surface area contributed by atoms with E-state index in [4.69, 9.17) is 18.9 Å². The van der Waals surface area contributed by atoms with Crippen LogP contribution in [0.15, 0.2) is 28.4 Å². The standard InChI is InChI=1S/C23H22BrNO5/c1-12(2)25-8-15-6-18-20(26)19(30-22(18)13(3)21(15)28-10-25)7-14-4-17(24)5-16-9-27-11-29-23(14)16/h4-7,12H,8-11H2,1-3H3/b19-7-. The van der Waals surface area contributed by atoms with Gasteiger partial charge in [0.2, 0.25) is 5.78 Å². The second kappa shape index (κ2) is 7.41. The third kappa shape index (κ3) is 3.21. The average Bonchev–Trinajstić information content (AvgIpc) is 3.03. The lowest BCUT2D eigenvalue weighted by molar-refractivity contribution is -0.0165. The van der Waals surface area contributed by atoms with Crippen LogP contribution in [0.4, 0.5) is 0 Å². The van der Waals surface area contributed by atoms with Crippen LogP contribution in [0.2, 0.25) is 0 Å². The fourth-order valence-corrected chi connectivity index (χ4v) is 4.58. The number of carbonyl (C=O) groups excluding carboxylic acids is 1. The number of Topliss-reactive ketones (excluding diaryl/α,β-unsaturated/α-hetero) is 1. The third-order valence-corrected chi connectivity index (χ3v) is 6.14. The molecule has 0 spiro atoms. The van der Waals surface area contributed by atoms with Crippen LogP contribution in [0.5, 0.6) is 17.2 Å². The van der Waals surface area contributed by atoms with Crippen molar-refractivity contribution in [1.82, 2.24) is 4.90 Å². The fourth-order valence-electron chi connectivity index (χ4n) is 4.05. The van der Waals surface area contributed by atoms with Crippen molar-refractivity contribution < 1.29 is 23.7 Å². The van der Waals surface area contributed by atoms with Gasteiger partial charge in [0.05, 0.1) is 12.2 Å². The summed E-state index contributed by atoms with van der Waals surface area (Å²) in [6.45, 7) is 8.15. The smallest absolute Gasteiger partial charge is 0.231 e. The molecule has 0 aliphatic carbocycles. The molecule has 0 unspecified atom stereocenters. The molecular formula is C23H22BrNO5. The molecule has 0 saturated carbocycles. The molecule has 3 aliphatic rings. The summed E-state index contributed by atoms with van der Waals surface area (Å²) < 4.78 is 24.0. The number of allylic oxidation sites excluding steroid dienone is 1. The maximum absolute atomic E-state index is 13.2. The lowest BCUT2D eigenvalue weighted by atomic mass is 9.99. The first-order chi connectivity index (χ1) is 14.4. The predicted octanol–water partition coefficient (Wildman–Crippen LogP) is 4.80. The summed E-state index contributed by atoms with van der Waals surface area (Å²) in [6, 6.07) is 6.15. The van der Waals surface area contributed by atoms with E-state index in [1.165, 1.54) is 0 Å². The molecule has 0 fully saturated rings. The summed E-state index contributed by atoms with van der Waals surface area (Å²) in [7, 11) is 0. The monoisotopic (exact) mass is 471 g/mol. The Morgan fingerprint density at radius 3 is 2.73 bits per heavy atom. The van der Waals surface area contributed by atoms with Gasteiger partial charge in [-0.25, -0.2) is 0 Å². The van der Waals surface area contributed by atoms with Gasteiger partial charge in [0.25, 0.3) is 0 Å². The number of rotatable bonds is 2. The SMILES string of the molecule is Cc1c2c(cc3c1O/C(=C\c1cc(Br)cc4c1OCOC4)C3=O)CN(C(C)C)CO2. The number of ketones is 1. The topological polar surface area (TPSA) is 57.2 Å². The highest BCUT2D eigenvalue weighted by Crippen LogP contribution is 2.44. The number of hydrogen-bond donors (Lipinski definition) is 0. The number of nitrogens with zero attached hydrogens (tertiary/aromatic N) is 1. The number of fused-ring (bicyclic) bond motifs is 3. The van der Waals surface area contributed by atoms with Gasteiger partial charge >= 0.3 is 0 Å². The zero-order valence-corrected chi connectivity index (χ0v) is 18.7. The van der Waals surface area contributed by atoms with Crippen LogP contribution < -0.4 is 14.2 Å². The van der Waals surface area contributed by atoms with E-state index in [9.17, 15) is 4.79 Å². The largest absolute Gasteiger partial charge is 0.477 e. The molecule has 0 amide bonds. The second-order valence-electron chi connectivity index (χ2n) is 8.01. The van der Waals surface area contributed by atoms with Gasteiger partial charge < -0.3 is 18.9 Å². The molecule has 0 bridgehead atoms. The highest BCUT2D eigenvalue weighted by atomic mass is 79.9. The first-order valence-electron chi connectivity index (χ1n) is 9.93. The Morgan fingerprint density at radius 2 is 1.93 bits per heavy atom. The Labute approximate surface area is 183 Å². The zero-order valence-electron chi connectivity index (χ0n) is 17.1.